The molecule has 1 saturated carbocycles. The second kappa shape index (κ2) is 6.46. The molecular formula is C17H34N2O. The van der Waals surface area contributed by atoms with Gasteiger partial charge in [0.1, 0.15) is 0 Å². The summed E-state index contributed by atoms with van der Waals surface area (Å²) >= 11 is 0. The SMILES string of the molecule is CC(C)(C)CC(C)(C)NC(=O)CC1(CN)CCCCC1. The molecule has 3 heteroatoms. The minimum absolute atomic E-state index is 0.0557. The van der Waals surface area contributed by atoms with Crippen LogP contribution in [0.2, 0.25) is 0 Å². The molecule has 0 radical (unpaired) electrons. The maximum atomic E-state index is 12.4. The average Bonchev–Trinajstić information content (AvgIpc) is 2.25. The third-order valence-electron chi connectivity index (χ3n) is 4.33. The van der Waals surface area contributed by atoms with E-state index in [0.29, 0.717) is 13.0 Å². The summed E-state index contributed by atoms with van der Waals surface area (Å²) in [5.74, 6) is 0.173. The van der Waals surface area contributed by atoms with Crippen molar-refractivity contribution in [3.8, 4) is 0 Å². The zero-order chi connectivity index (χ0) is 15.4. The second-order valence-electron chi connectivity index (χ2n) is 8.61. The molecule has 0 atom stereocenters. The Kier molecular flexibility index (Phi) is 5.65. The first-order valence-electron chi connectivity index (χ1n) is 8.09. The van der Waals surface area contributed by atoms with Crippen LogP contribution in [0.3, 0.4) is 0 Å². The molecule has 118 valence electrons. The molecule has 0 aromatic carbocycles. The summed E-state index contributed by atoms with van der Waals surface area (Å²) in [5, 5.41) is 3.22. The number of carbonyl (C=O) groups excluding carboxylic acids is 1. The fourth-order valence-electron chi connectivity index (χ4n) is 3.89. The van der Waals surface area contributed by atoms with E-state index >= 15 is 0 Å². The van der Waals surface area contributed by atoms with Gasteiger partial charge in [-0.05, 0) is 50.5 Å². The van der Waals surface area contributed by atoms with E-state index in [0.717, 1.165) is 19.3 Å². The predicted octanol–water partition coefficient (Wildman–Crippen LogP) is 3.62. The molecule has 3 N–H and O–H groups in total. The first-order chi connectivity index (χ1) is 9.08. The van der Waals surface area contributed by atoms with Gasteiger partial charge in [-0.1, -0.05) is 40.0 Å². The fraction of sp³-hybridized carbons (Fsp3) is 0.941. The zero-order valence-corrected chi connectivity index (χ0v) is 14.1. The van der Waals surface area contributed by atoms with Crippen molar-refractivity contribution in [1.29, 1.82) is 0 Å². The van der Waals surface area contributed by atoms with Gasteiger partial charge < -0.3 is 11.1 Å². The number of amides is 1. The molecule has 20 heavy (non-hydrogen) atoms. The molecule has 0 heterocycles. The molecule has 0 spiro atoms. The van der Waals surface area contributed by atoms with Crippen LogP contribution >= 0.6 is 0 Å². The van der Waals surface area contributed by atoms with Crippen LogP contribution < -0.4 is 11.1 Å². The van der Waals surface area contributed by atoms with Gasteiger partial charge in [-0.25, -0.2) is 0 Å². The number of nitrogens with one attached hydrogen (secondary N) is 1. The van der Waals surface area contributed by atoms with Crippen molar-refractivity contribution in [2.24, 2.45) is 16.6 Å². The lowest BCUT2D eigenvalue weighted by Gasteiger charge is -2.38. The minimum atomic E-state index is -0.153. The lowest BCUT2D eigenvalue weighted by Crippen LogP contribution is -2.48. The average molecular weight is 282 g/mol. The van der Waals surface area contributed by atoms with E-state index in [9.17, 15) is 4.79 Å². The Morgan fingerprint density at radius 2 is 1.65 bits per heavy atom. The highest BCUT2D eigenvalue weighted by Crippen LogP contribution is 2.38. The molecule has 3 nitrogen and oxygen atoms in total. The van der Waals surface area contributed by atoms with Gasteiger partial charge in [0.05, 0.1) is 0 Å². The molecule has 1 amide bonds. The van der Waals surface area contributed by atoms with E-state index in [1.54, 1.807) is 0 Å². The highest BCUT2D eigenvalue weighted by atomic mass is 16.1. The normalized spacial score (nSPS) is 19.7. The van der Waals surface area contributed by atoms with E-state index in [1.165, 1.54) is 19.3 Å². The number of hydrogen-bond acceptors (Lipinski definition) is 2. The Bertz CT molecular complexity index is 322. The van der Waals surface area contributed by atoms with E-state index in [4.69, 9.17) is 5.73 Å². The van der Waals surface area contributed by atoms with Gasteiger partial charge in [0.2, 0.25) is 5.91 Å². The number of rotatable bonds is 5. The van der Waals surface area contributed by atoms with Gasteiger partial charge in [-0.2, -0.15) is 0 Å². The molecule has 0 bridgehead atoms. The first kappa shape index (κ1) is 17.5. The number of carbonyl (C=O) groups is 1. The van der Waals surface area contributed by atoms with E-state index in [-0.39, 0.29) is 22.3 Å². The molecule has 0 unspecified atom stereocenters. The summed E-state index contributed by atoms with van der Waals surface area (Å²) in [6.45, 7) is 11.5. The van der Waals surface area contributed by atoms with E-state index < -0.39 is 0 Å². The largest absolute Gasteiger partial charge is 0.351 e. The van der Waals surface area contributed by atoms with Gasteiger partial charge in [-0.3, -0.25) is 4.79 Å². The van der Waals surface area contributed by atoms with Crippen LogP contribution in [0.1, 0.15) is 79.6 Å². The van der Waals surface area contributed by atoms with Crippen molar-refractivity contribution in [1.82, 2.24) is 5.32 Å². The molecule has 0 aliphatic heterocycles. The molecule has 0 aromatic heterocycles. The summed E-state index contributed by atoms with van der Waals surface area (Å²) in [4.78, 5) is 12.4. The van der Waals surface area contributed by atoms with Crippen LogP contribution in [-0.4, -0.2) is 18.0 Å². The van der Waals surface area contributed by atoms with Crippen molar-refractivity contribution in [2.75, 3.05) is 6.54 Å². The molecule has 1 aliphatic carbocycles. The highest BCUT2D eigenvalue weighted by molar-refractivity contribution is 5.77. The number of nitrogens with two attached hydrogens (primary N) is 1. The van der Waals surface area contributed by atoms with Gasteiger partial charge in [0, 0.05) is 12.0 Å². The quantitative estimate of drug-likeness (QED) is 0.809. The smallest absolute Gasteiger partial charge is 0.221 e. The highest BCUT2D eigenvalue weighted by Gasteiger charge is 2.35. The summed E-state index contributed by atoms with van der Waals surface area (Å²) in [6.07, 6.45) is 7.51. The van der Waals surface area contributed by atoms with Crippen molar-refractivity contribution < 1.29 is 4.79 Å². The van der Waals surface area contributed by atoms with Gasteiger partial charge in [0.15, 0.2) is 0 Å². The standard InChI is InChI=1S/C17H34N2O/c1-15(2,3)12-16(4,5)19-14(20)11-17(13-18)9-7-6-8-10-17/h6-13,18H2,1-5H3,(H,19,20). The third-order valence-corrected chi connectivity index (χ3v) is 4.33. The molecule has 1 aliphatic rings. The summed E-state index contributed by atoms with van der Waals surface area (Å²) in [7, 11) is 0. The predicted molar refractivity (Wildman–Crippen MR) is 85.5 cm³/mol. The summed E-state index contributed by atoms with van der Waals surface area (Å²) in [5.41, 5.74) is 6.09. The maximum Gasteiger partial charge on any atom is 0.221 e. The van der Waals surface area contributed by atoms with Crippen molar-refractivity contribution in [2.45, 2.75) is 85.1 Å². The monoisotopic (exact) mass is 282 g/mol. The van der Waals surface area contributed by atoms with Crippen molar-refractivity contribution in [3.63, 3.8) is 0 Å². The Labute approximate surface area is 125 Å². The summed E-state index contributed by atoms with van der Waals surface area (Å²) in [6, 6.07) is 0. The zero-order valence-electron chi connectivity index (χ0n) is 14.1. The Morgan fingerprint density at radius 1 is 1.10 bits per heavy atom. The van der Waals surface area contributed by atoms with Crippen LogP contribution in [0.5, 0.6) is 0 Å². The summed E-state index contributed by atoms with van der Waals surface area (Å²) < 4.78 is 0. The van der Waals surface area contributed by atoms with Gasteiger partial charge in [0.25, 0.3) is 0 Å². The van der Waals surface area contributed by atoms with Crippen molar-refractivity contribution >= 4 is 5.91 Å². The van der Waals surface area contributed by atoms with Crippen LogP contribution in [0, 0.1) is 10.8 Å². The van der Waals surface area contributed by atoms with Crippen LogP contribution in [-0.2, 0) is 4.79 Å². The molecule has 1 rings (SSSR count). The Hall–Kier alpha value is -0.570. The lowest BCUT2D eigenvalue weighted by atomic mass is 9.71. The third kappa shape index (κ3) is 5.82. The molecule has 0 aromatic rings. The fourth-order valence-corrected chi connectivity index (χ4v) is 3.89. The Morgan fingerprint density at radius 3 is 2.10 bits per heavy atom. The van der Waals surface area contributed by atoms with Gasteiger partial charge in [-0.15, -0.1) is 0 Å². The molecule has 0 saturated heterocycles. The van der Waals surface area contributed by atoms with Crippen LogP contribution in [0.15, 0.2) is 0 Å². The second-order valence-corrected chi connectivity index (χ2v) is 8.61. The van der Waals surface area contributed by atoms with Gasteiger partial charge >= 0.3 is 0 Å². The number of hydrogen-bond donors (Lipinski definition) is 2. The molecule has 1 fully saturated rings. The van der Waals surface area contributed by atoms with E-state index in [2.05, 4.69) is 39.9 Å². The van der Waals surface area contributed by atoms with Crippen LogP contribution in [0.25, 0.3) is 0 Å². The topological polar surface area (TPSA) is 55.1 Å². The lowest BCUT2D eigenvalue weighted by molar-refractivity contribution is -0.125. The minimum Gasteiger partial charge on any atom is -0.351 e. The molecular weight excluding hydrogens is 248 g/mol. The first-order valence-corrected chi connectivity index (χ1v) is 8.09. The van der Waals surface area contributed by atoms with E-state index in [1.807, 2.05) is 0 Å². The Balaban J connectivity index is 2.57. The maximum absolute atomic E-state index is 12.4. The van der Waals surface area contributed by atoms with Crippen molar-refractivity contribution in [3.05, 3.63) is 0 Å². The van der Waals surface area contributed by atoms with Crippen LogP contribution in [0.4, 0.5) is 0 Å².